The van der Waals surface area contributed by atoms with E-state index < -0.39 is 0 Å². The highest BCUT2D eigenvalue weighted by molar-refractivity contribution is 7.71. The highest BCUT2D eigenvalue weighted by Gasteiger charge is 2.13. The first-order chi connectivity index (χ1) is 9.97. The van der Waals surface area contributed by atoms with Gasteiger partial charge in [-0.3, -0.25) is 9.36 Å². The maximum atomic E-state index is 12.7. The maximum Gasteiger partial charge on any atom is 0.263 e. The number of halogens is 1. The molecule has 2 aromatic heterocycles. The molecule has 108 valence electrons. The number of nitrogens with one attached hydrogen (secondary N) is 1. The predicted molar refractivity (Wildman–Crippen MR) is 91.3 cm³/mol. The molecule has 0 aliphatic rings. The van der Waals surface area contributed by atoms with Gasteiger partial charge >= 0.3 is 0 Å². The Hall–Kier alpha value is -1.43. The van der Waals surface area contributed by atoms with E-state index in [0.717, 1.165) is 26.2 Å². The van der Waals surface area contributed by atoms with E-state index in [1.807, 2.05) is 38.1 Å². The van der Waals surface area contributed by atoms with Crippen LogP contribution in [0.5, 0.6) is 0 Å². The molecule has 0 radical (unpaired) electrons. The van der Waals surface area contributed by atoms with Crippen LogP contribution in [0.4, 0.5) is 0 Å². The van der Waals surface area contributed by atoms with Crippen molar-refractivity contribution in [3.05, 3.63) is 60.4 Å². The fourth-order valence-corrected chi connectivity index (χ4v) is 3.90. The second kappa shape index (κ2) is 5.40. The molecule has 0 amide bonds. The summed E-state index contributed by atoms with van der Waals surface area (Å²) in [5, 5.41) is 1.38. The molecule has 3 rings (SSSR count). The van der Waals surface area contributed by atoms with Gasteiger partial charge in [0.1, 0.15) is 4.83 Å². The van der Waals surface area contributed by atoms with Gasteiger partial charge in [-0.05, 0) is 49.3 Å². The first-order valence-electron chi connectivity index (χ1n) is 6.44. The number of H-pyrrole nitrogens is 1. The van der Waals surface area contributed by atoms with E-state index in [4.69, 9.17) is 23.8 Å². The summed E-state index contributed by atoms with van der Waals surface area (Å²) in [7, 11) is 0. The summed E-state index contributed by atoms with van der Waals surface area (Å²) >= 11 is 12.9. The third-order valence-corrected chi connectivity index (χ3v) is 5.22. The van der Waals surface area contributed by atoms with Crippen LogP contribution in [-0.2, 0) is 6.54 Å². The molecule has 2 heterocycles. The summed E-state index contributed by atoms with van der Waals surface area (Å²) < 4.78 is 2.02. The molecule has 21 heavy (non-hydrogen) atoms. The summed E-state index contributed by atoms with van der Waals surface area (Å²) in [5.41, 5.74) is 1.93. The van der Waals surface area contributed by atoms with Crippen LogP contribution in [0.3, 0.4) is 0 Å². The summed E-state index contributed by atoms with van der Waals surface area (Å²) in [6, 6.07) is 7.46. The average Bonchev–Trinajstić information content (AvgIpc) is 2.70. The molecule has 0 bridgehead atoms. The van der Waals surface area contributed by atoms with E-state index >= 15 is 0 Å². The predicted octanol–water partition coefficient (Wildman–Crippen LogP) is 4.44. The van der Waals surface area contributed by atoms with Gasteiger partial charge in [0.05, 0.1) is 11.9 Å². The lowest BCUT2D eigenvalue weighted by Crippen LogP contribution is -2.22. The van der Waals surface area contributed by atoms with Crippen molar-refractivity contribution < 1.29 is 0 Å². The van der Waals surface area contributed by atoms with Crippen molar-refractivity contribution in [2.45, 2.75) is 20.4 Å². The SMILES string of the molecule is Cc1sc2[nH]c(=S)n(Cc3cccc(Cl)c3)c(=O)c2c1C. The lowest BCUT2D eigenvalue weighted by atomic mass is 10.2. The van der Waals surface area contributed by atoms with E-state index in [-0.39, 0.29) is 5.56 Å². The molecule has 3 nitrogen and oxygen atoms in total. The number of benzene rings is 1. The van der Waals surface area contributed by atoms with Gasteiger partial charge in [-0.2, -0.15) is 0 Å². The number of aryl methyl sites for hydroxylation is 2. The maximum absolute atomic E-state index is 12.7. The zero-order valence-corrected chi connectivity index (χ0v) is 14.0. The highest BCUT2D eigenvalue weighted by atomic mass is 35.5. The number of aromatic amines is 1. The molecular formula is C15H13ClN2OS2. The summed E-state index contributed by atoms with van der Waals surface area (Å²) in [6.45, 7) is 4.40. The Morgan fingerprint density at radius 3 is 2.86 bits per heavy atom. The number of rotatable bonds is 2. The van der Waals surface area contributed by atoms with Crippen LogP contribution in [0, 0.1) is 18.6 Å². The molecule has 0 unspecified atom stereocenters. The third-order valence-electron chi connectivity index (χ3n) is 3.54. The van der Waals surface area contributed by atoms with Crippen molar-refractivity contribution in [2.24, 2.45) is 0 Å². The number of aromatic nitrogens is 2. The van der Waals surface area contributed by atoms with Crippen molar-refractivity contribution in [2.75, 3.05) is 0 Å². The van der Waals surface area contributed by atoms with Gasteiger partial charge in [-0.25, -0.2) is 0 Å². The Balaban J connectivity index is 2.21. The number of nitrogens with zero attached hydrogens (tertiary/aromatic N) is 1. The fourth-order valence-electron chi connectivity index (χ4n) is 2.33. The Labute approximate surface area is 135 Å². The van der Waals surface area contributed by atoms with Gasteiger partial charge in [0.25, 0.3) is 5.56 Å². The van der Waals surface area contributed by atoms with Crippen LogP contribution in [0.25, 0.3) is 10.2 Å². The molecule has 0 atom stereocenters. The molecular weight excluding hydrogens is 324 g/mol. The molecule has 6 heteroatoms. The number of fused-ring (bicyclic) bond motifs is 1. The van der Waals surface area contributed by atoms with Crippen molar-refractivity contribution in [1.82, 2.24) is 9.55 Å². The van der Waals surface area contributed by atoms with E-state index in [9.17, 15) is 4.79 Å². The third kappa shape index (κ3) is 2.57. The Morgan fingerprint density at radius 2 is 2.14 bits per heavy atom. The Morgan fingerprint density at radius 1 is 1.38 bits per heavy atom. The van der Waals surface area contributed by atoms with Crippen LogP contribution < -0.4 is 5.56 Å². The van der Waals surface area contributed by atoms with Crippen molar-refractivity contribution in [1.29, 1.82) is 0 Å². The van der Waals surface area contributed by atoms with Crippen LogP contribution in [-0.4, -0.2) is 9.55 Å². The molecule has 0 aliphatic heterocycles. The van der Waals surface area contributed by atoms with Gasteiger partial charge in [0.15, 0.2) is 4.77 Å². The summed E-state index contributed by atoms with van der Waals surface area (Å²) in [4.78, 5) is 17.9. The minimum Gasteiger partial charge on any atom is -0.323 e. The number of thiophene rings is 1. The average molecular weight is 337 g/mol. The number of hydrogen-bond acceptors (Lipinski definition) is 3. The second-order valence-electron chi connectivity index (χ2n) is 4.94. The van der Waals surface area contributed by atoms with Gasteiger partial charge < -0.3 is 4.98 Å². The normalized spacial score (nSPS) is 11.2. The highest BCUT2D eigenvalue weighted by Crippen LogP contribution is 2.25. The summed E-state index contributed by atoms with van der Waals surface area (Å²) in [5.74, 6) is 0. The minimum atomic E-state index is -0.0458. The second-order valence-corrected chi connectivity index (χ2v) is 6.99. The molecule has 3 aromatic rings. The standard InChI is InChI=1S/C15H13ClN2OS2/c1-8-9(2)21-13-12(8)14(19)18(15(20)17-13)7-10-4-3-5-11(16)6-10/h3-6H,7H2,1-2H3,(H,17,20). The topological polar surface area (TPSA) is 37.8 Å². The smallest absolute Gasteiger partial charge is 0.263 e. The summed E-state index contributed by atoms with van der Waals surface area (Å²) in [6.07, 6.45) is 0. The molecule has 0 aliphatic carbocycles. The largest absolute Gasteiger partial charge is 0.323 e. The van der Waals surface area contributed by atoms with E-state index in [1.54, 1.807) is 15.9 Å². The Bertz CT molecular complexity index is 952. The molecule has 0 fully saturated rings. The van der Waals surface area contributed by atoms with Crippen molar-refractivity contribution in [3.63, 3.8) is 0 Å². The van der Waals surface area contributed by atoms with Crippen LogP contribution in [0.1, 0.15) is 16.0 Å². The lowest BCUT2D eigenvalue weighted by molar-refractivity contribution is 0.735. The van der Waals surface area contributed by atoms with Crippen LogP contribution >= 0.6 is 35.2 Å². The minimum absolute atomic E-state index is 0.0458. The zero-order chi connectivity index (χ0) is 15.1. The van der Waals surface area contributed by atoms with E-state index in [2.05, 4.69) is 4.98 Å². The van der Waals surface area contributed by atoms with Gasteiger partial charge in [0, 0.05) is 9.90 Å². The van der Waals surface area contributed by atoms with E-state index in [0.29, 0.717) is 16.3 Å². The number of hydrogen-bond donors (Lipinski definition) is 1. The van der Waals surface area contributed by atoms with Gasteiger partial charge in [-0.1, -0.05) is 23.7 Å². The van der Waals surface area contributed by atoms with Crippen molar-refractivity contribution >= 4 is 45.4 Å². The van der Waals surface area contributed by atoms with Crippen LogP contribution in [0.15, 0.2) is 29.1 Å². The molecule has 1 N–H and O–H groups in total. The van der Waals surface area contributed by atoms with Crippen molar-refractivity contribution in [3.8, 4) is 0 Å². The van der Waals surface area contributed by atoms with Crippen LogP contribution in [0.2, 0.25) is 5.02 Å². The quantitative estimate of drug-likeness (QED) is 0.702. The Kier molecular flexibility index (Phi) is 3.73. The molecule has 0 saturated carbocycles. The fraction of sp³-hybridized carbons (Fsp3) is 0.200. The molecule has 1 aromatic carbocycles. The lowest BCUT2D eigenvalue weighted by Gasteiger charge is -2.07. The first kappa shape index (κ1) is 14.5. The van der Waals surface area contributed by atoms with Gasteiger partial charge in [0.2, 0.25) is 0 Å². The molecule has 0 saturated heterocycles. The van der Waals surface area contributed by atoms with E-state index in [1.165, 1.54) is 0 Å². The first-order valence-corrected chi connectivity index (χ1v) is 8.05. The monoisotopic (exact) mass is 336 g/mol. The molecule has 0 spiro atoms. The zero-order valence-electron chi connectivity index (χ0n) is 11.6. The van der Waals surface area contributed by atoms with Gasteiger partial charge in [-0.15, -0.1) is 11.3 Å².